The fourth-order valence-corrected chi connectivity index (χ4v) is 4.34. The standard InChI is InChI=1S/C28H22F3N3O3/c1-15-21-6-7-32-25(21)13-24(31)27(15)37-20-3-4-23(30)22(12-20)28-33-14-19(34-28)11-17-8-16(2-5-26(35)36)9-18(29)10-17/h3-4,6-10,12-14,32H,2,5,11H2,1H3,(H,33,34)(H,35,36). The number of benzene rings is 3. The minimum Gasteiger partial charge on any atom is -0.481 e. The number of aliphatic carboxylic acids is 1. The highest BCUT2D eigenvalue weighted by atomic mass is 19.1. The van der Waals surface area contributed by atoms with Crippen LogP contribution in [0.1, 0.15) is 28.8 Å². The Kier molecular flexibility index (Phi) is 6.43. The minimum atomic E-state index is -0.958. The van der Waals surface area contributed by atoms with E-state index in [0.29, 0.717) is 27.9 Å². The summed E-state index contributed by atoms with van der Waals surface area (Å²) in [7, 11) is 0. The molecule has 0 aliphatic carbocycles. The van der Waals surface area contributed by atoms with Crippen LogP contribution in [0.3, 0.4) is 0 Å². The van der Waals surface area contributed by atoms with Crippen LogP contribution in [0.4, 0.5) is 13.2 Å². The fraction of sp³-hybridized carbons (Fsp3) is 0.143. The van der Waals surface area contributed by atoms with Crippen molar-refractivity contribution in [3.63, 3.8) is 0 Å². The maximum absolute atomic E-state index is 14.7. The molecule has 0 unspecified atom stereocenters. The first kappa shape index (κ1) is 24.2. The van der Waals surface area contributed by atoms with E-state index in [1.165, 1.54) is 42.6 Å². The number of ether oxygens (including phenoxy) is 1. The molecule has 0 aliphatic rings. The number of carboxylic acid groups (broad SMARTS) is 1. The molecule has 0 spiro atoms. The van der Waals surface area contributed by atoms with Gasteiger partial charge in [0.2, 0.25) is 0 Å². The van der Waals surface area contributed by atoms with Gasteiger partial charge < -0.3 is 19.8 Å². The summed E-state index contributed by atoms with van der Waals surface area (Å²) in [5, 5.41) is 9.70. The molecule has 2 heterocycles. The van der Waals surface area contributed by atoms with Crippen LogP contribution in [0, 0.1) is 24.4 Å². The fourth-order valence-electron chi connectivity index (χ4n) is 4.34. The molecule has 3 N–H and O–H groups in total. The molecular formula is C28H22F3N3O3. The van der Waals surface area contributed by atoms with Gasteiger partial charge in [0.25, 0.3) is 0 Å². The van der Waals surface area contributed by atoms with Gasteiger partial charge in [-0.2, -0.15) is 0 Å². The molecule has 0 saturated carbocycles. The van der Waals surface area contributed by atoms with E-state index < -0.39 is 23.4 Å². The Labute approximate surface area is 209 Å². The lowest BCUT2D eigenvalue weighted by atomic mass is 10.0. The molecule has 5 aromatic rings. The van der Waals surface area contributed by atoms with Gasteiger partial charge in [0.15, 0.2) is 11.6 Å². The molecular weight excluding hydrogens is 483 g/mol. The summed E-state index contributed by atoms with van der Waals surface area (Å²) in [5.41, 5.74) is 3.20. The van der Waals surface area contributed by atoms with Gasteiger partial charge in [-0.3, -0.25) is 4.79 Å². The summed E-state index contributed by atoms with van der Waals surface area (Å²) in [5.74, 6) is -1.99. The van der Waals surface area contributed by atoms with Gasteiger partial charge in [0, 0.05) is 53.5 Å². The van der Waals surface area contributed by atoms with E-state index in [-0.39, 0.29) is 42.1 Å². The summed E-state index contributed by atoms with van der Waals surface area (Å²) in [6.07, 6.45) is 3.63. The van der Waals surface area contributed by atoms with Crippen molar-refractivity contribution < 1.29 is 27.8 Å². The van der Waals surface area contributed by atoms with Gasteiger partial charge in [-0.1, -0.05) is 6.07 Å². The number of halogens is 3. The van der Waals surface area contributed by atoms with Crippen LogP contribution in [-0.4, -0.2) is 26.0 Å². The average molecular weight is 505 g/mol. The molecule has 0 bridgehead atoms. The van der Waals surface area contributed by atoms with Crippen molar-refractivity contribution in [2.75, 3.05) is 0 Å². The number of imidazole rings is 1. The van der Waals surface area contributed by atoms with Gasteiger partial charge in [-0.25, -0.2) is 18.2 Å². The van der Waals surface area contributed by atoms with Crippen molar-refractivity contribution in [3.8, 4) is 22.9 Å². The number of rotatable bonds is 8. The quantitative estimate of drug-likeness (QED) is 0.219. The Morgan fingerprint density at radius 2 is 1.84 bits per heavy atom. The first-order chi connectivity index (χ1) is 17.8. The zero-order valence-corrected chi connectivity index (χ0v) is 19.7. The molecule has 0 radical (unpaired) electrons. The maximum Gasteiger partial charge on any atom is 0.303 e. The maximum atomic E-state index is 14.7. The van der Waals surface area contributed by atoms with E-state index in [1.807, 2.05) is 6.07 Å². The SMILES string of the molecule is Cc1c(Oc2ccc(F)c(-c3ncc(Cc4cc(F)cc(CCC(=O)O)c4)[nH]3)c2)c(F)cc2[nH]ccc12. The second-order valence-corrected chi connectivity index (χ2v) is 8.79. The number of aromatic nitrogens is 3. The van der Waals surface area contributed by atoms with E-state index in [0.717, 1.165) is 5.39 Å². The Bertz CT molecular complexity index is 1620. The van der Waals surface area contributed by atoms with Crippen LogP contribution in [-0.2, 0) is 17.6 Å². The second kappa shape index (κ2) is 9.85. The predicted octanol–water partition coefficient (Wildman–Crippen LogP) is 6.68. The number of nitrogens with zero attached hydrogens (tertiary/aromatic N) is 1. The lowest BCUT2D eigenvalue weighted by molar-refractivity contribution is -0.136. The van der Waals surface area contributed by atoms with Gasteiger partial charge in [-0.05, 0) is 60.9 Å². The minimum absolute atomic E-state index is 0.0506. The van der Waals surface area contributed by atoms with Gasteiger partial charge in [0.05, 0.1) is 5.56 Å². The van der Waals surface area contributed by atoms with Crippen LogP contribution < -0.4 is 4.74 Å². The van der Waals surface area contributed by atoms with Crippen LogP contribution >= 0.6 is 0 Å². The second-order valence-electron chi connectivity index (χ2n) is 8.79. The van der Waals surface area contributed by atoms with Crippen molar-refractivity contribution in [1.82, 2.24) is 15.0 Å². The third-order valence-electron chi connectivity index (χ3n) is 6.09. The lowest BCUT2D eigenvalue weighted by Gasteiger charge is -2.12. The van der Waals surface area contributed by atoms with Crippen molar-refractivity contribution in [2.45, 2.75) is 26.2 Å². The van der Waals surface area contributed by atoms with Crippen molar-refractivity contribution in [2.24, 2.45) is 0 Å². The molecule has 0 amide bonds. The average Bonchev–Trinajstić information content (AvgIpc) is 3.51. The topological polar surface area (TPSA) is 91.0 Å². The van der Waals surface area contributed by atoms with E-state index in [1.54, 1.807) is 19.2 Å². The summed E-state index contributed by atoms with van der Waals surface area (Å²) in [6, 6.07) is 11.6. The predicted molar refractivity (Wildman–Crippen MR) is 132 cm³/mol. The summed E-state index contributed by atoms with van der Waals surface area (Å²) < 4.78 is 49.3. The third-order valence-corrected chi connectivity index (χ3v) is 6.09. The number of aryl methyl sites for hydroxylation is 2. The van der Waals surface area contributed by atoms with Crippen LogP contribution in [0.5, 0.6) is 11.5 Å². The van der Waals surface area contributed by atoms with Crippen molar-refractivity contribution in [1.29, 1.82) is 0 Å². The highest BCUT2D eigenvalue weighted by molar-refractivity contribution is 5.85. The van der Waals surface area contributed by atoms with Gasteiger partial charge >= 0.3 is 5.97 Å². The van der Waals surface area contributed by atoms with E-state index in [4.69, 9.17) is 9.84 Å². The number of hydrogen-bond donors (Lipinski definition) is 3. The normalized spacial score (nSPS) is 11.2. The Balaban J connectivity index is 1.38. The van der Waals surface area contributed by atoms with Gasteiger partial charge in [0.1, 0.15) is 23.2 Å². The molecule has 188 valence electrons. The molecule has 0 aliphatic heterocycles. The number of aromatic amines is 2. The van der Waals surface area contributed by atoms with Crippen molar-refractivity contribution in [3.05, 3.63) is 101 Å². The smallest absolute Gasteiger partial charge is 0.303 e. The number of nitrogens with one attached hydrogen (secondary N) is 2. The van der Waals surface area contributed by atoms with Crippen LogP contribution in [0.15, 0.2) is 60.9 Å². The van der Waals surface area contributed by atoms with E-state index >= 15 is 0 Å². The Morgan fingerprint density at radius 3 is 2.65 bits per heavy atom. The Morgan fingerprint density at radius 1 is 1.03 bits per heavy atom. The Hall–Kier alpha value is -4.53. The monoisotopic (exact) mass is 505 g/mol. The van der Waals surface area contributed by atoms with Gasteiger partial charge in [-0.15, -0.1) is 0 Å². The number of H-pyrrole nitrogens is 2. The summed E-state index contributed by atoms with van der Waals surface area (Å²) in [6.45, 7) is 1.75. The lowest BCUT2D eigenvalue weighted by Crippen LogP contribution is -1.99. The molecule has 3 aromatic carbocycles. The molecule has 0 atom stereocenters. The third kappa shape index (κ3) is 5.20. The van der Waals surface area contributed by atoms with Crippen LogP contribution in [0.2, 0.25) is 0 Å². The first-order valence-corrected chi connectivity index (χ1v) is 11.5. The summed E-state index contributed by atoms with van der Waals surface area (Å²) >= 11 is 0. The summed E-state index contributed by atoms with van der Waals surface area (Å²) in [4.78, 5) is 21.1. The first-order valence-electron chi connectivity index (χ1n) is 11.5. The highest BCUT2D eigenvalue weighted by Gasteiger charge is 2.16. The van der Waals surface area contributed by atoms with E-state index in [2.05, 4.69) is 15.0 Å². The zero-order valence-electron chi connectivity index (χ0n) is 19.7. The van der Waals surface area contributed by atoms with Crippen LogP contribution in [0.25, 0.3) is 22.3 Å². The molecule has 0 fully saturated rings. The van der Waals surface area contributed by atoms with Crippen molar-refractivity contribution >= 4 is 16.9 Å². The largest absolute Gasteiger partial charge is 0.481 e. The molecule has 6 nitrogen and oxygen atoms in total. The number of carboxylic acids is 1. The molecule has 5 rings (SSSR count). The molecule has 37 heavy (non-hydrogen) atoms. The number of carbonyl (C=O) groups is 1. The molecule has 0 saturated heterocycles. The number of fused-ring (bicyclic) bond motifs is 1. The molecule has 2 aromatic heterocycles. The highest BCUT2D eigenvalue weighted by Crippen LogP contribution is 2.35. The number of hydrogen-bond acceptors (Lipinski definition) is 3. The van der Waals surface area contributed by atoms with E-state index in [9.17, 15) is 18.0 Å². The molecule has 9 heteroatoms. The zero-order chi connectivity index (χ0) is 26.1.